The summed E-state index contributed by atoms with van der Waals surface area (Å²) in [6.45, 7) is 1.15. The van der Waals surface area contributed by atoms with Crippen molar-refractivity contribution < 1.29 is 14.3 Å². The molecule has 0 aliphatic heterocycles. The molecule has 0 aliphatic rings. The molecule has 0 amide bonds. The van der Waals surface area contributed by atoms with Crippen molar-refractivity contribution >= 4 is 11.9 Å². The minimum absolute atomic E-state index is 0.153. The number of terminal acetylenes is 1. The van der Waals surface area contributed by atoms with Gasteiger partial charge in [0.15, 0.2) is 0 Å². The van der Waals surface area contributed by atoms with E-state index < -0.39 is 11.9 Å². The Morgan fingerprint density at radius 1 is 1.67 bits per heavy atom. The van der Waals surface area contributed by atoms with Crippen LogP contribution in [0.1, 0.15) is 13.3 Å². The average molecular weight is 126 g/mol. The lowest BCUT2D eigenvalue weighted by Crippen LogP contribution is -2.07. The molecular weight excluding hydrogens is 120 g/mol. The Kier molecular flexibility index (Phi) is 3.14. The van der Waals surface area contributed by atoms with Crippen LogP contribution >= 0.6 is 0 Å². The zero-order valence-corrected chi connectivity index (χ0v) is 5.01. The standard InChI is InChI=1S/C6H6O3/c1-3-4-6(8)9-5(2)7/h1H,4H2,2H3. The Bertz CT molecular complexity index is 164. The second-order valence-electron chi connectivity index (χ2n) is 1.35. The van der Waals surface area contributed by atoms with Crippen LogP contribution in [0.4, 0.5) is 0 Å². The summed E-state index contributed by atoms with van der Waals surface area (Å²) >= 11 is 0. The first-order valence-corrected chi connectivity index (χ1v) is 2.31. The van der Waals surface area contributed by atoms with Crippen molar-refractivity contribution in [3.63, 3.8) is 0 Å². The molecule has 0 N–H and O–H groups in total. The molecular formula is C6H6O3. The van der Waals surface area contributed by atoms with E-state index in [-0.39, 0.29) is 6.42 Å². The molecule has 0 unspecified atom stereocenters. The van der Waals surface area contributed by atoms with Crippen LogP contribution in [0.3, 0.4) is 0 Å². The number of hydrogen-bond donors (Lipinski definition) is 0. The van der Waals surface area contributed by atoms with Crippen LogP contribution in [0.15, 0.2) is 0 Å². The largest absolute Gasteiger partial charge is 0.393 e. The molecule has 0 spiro atoms. The van der Waals surface area contributed by atoms with Crippen molar-refractivity contribution in [3.8, 4) is 12.3 Å². The van der Waals surface area contributed by atoms with Gasteiger partial charge >= 0.3 is 11.9 Å². The van der Waals surface area contributed by atoms with Gasteiger partial charge in [-0.25, -0.2) is 0 Å². The Hall–Kier alpha value is -1.30. The monoisotopic (exact) mass is 126 g/mol. The van der Waals surface area contributed by atoms with Gasteiger partial charge in [0, 0.05) is 6.92 Å². The molecule has 0 heterocycles. The summed E-state index contributed by atoms with van der Waals surface area (Å²) in [5.74, 6) is 0.741. The van der Waals surface area contributed by atoms with Crippen LogP contribution in [0.25, 0.3) is 0 Å². The highest BCUT2D eigenvalue weighted by atomic mass is 16.6. The minimum atomic E-state index is -0.676. The fourth-order valence-corrected chi connectivity index (χ4v) is 0.280. The SMILES string of the molecule is C#CCC(=O)OC(C)=O. The molecule has 0 aromatic rings. The number of hydrogen-bond acceptors (Lipinski definition) is 3. The van der Waals surface area contributed by atoms with E-state index in [0.717, 1.165) is 6.92 Å². The fourth-order valence-electron chi connectivity index (χ4n) is 0.280. The summed E-state index contributed by atoms with van der Waals surface area (Å²) in [6, 6.07) is 0. The van der Waals surface area contributed by atoms with Gasteiger partial charge in [0.25, 0.3) is 0 Å². The van der Waals surface area contributed by atoms with E-state index in [0.29, 0.717) is 0 Å². The lowest BCUT2D eigenvalue weighted by molar-refractivity contribution is -0.157. The van der Waals surface area contributed by atoms with Crippen molar-refractivity contribution in [1.82, 2.24) is 0 Å². The lowest BCUT2D eigenvalue weighted by atomic mass is 10.5. The molecule has 3 nitrogen and oxygen atoms in total. The van der Waals surface area contributed by atoms with Gasteiger partial charge in [-0.3, -0.25) is 9.59 Å². The fraction of sp³-hybridized carbons (Fsp3) is 0.333. The Labute approximate surface area is 53.0 Å². The van der Waals surface area contributed by atoms with Crippen LogP contribution in [0.2, 0.25) is 0 Å². The van der Waals surface area contributed by atoms with Gasteiger partial charge in [-0.15, -0.1) is 6.42 Å². The van der Waals surface area contributed by atoms with Gasteiger partial charge in [-0.1, -0.05) is 5.92 Å². The number of esters is 2. The number of rotatable bonds is 1. The third kappa shape index (κ3) is 4.56. The van der Waals surface area contributed by atoms with E-state index >= 15 is 0 Å². The topological polar surface area (TPSA) is 43.4 Å². The highest BCUT2D eigenvalue weighted by Crippen LogP contribution is 1.83. The van der Waals surface area contributed by atoms with Crippen molar-refractivity contribution in [2.45, 2.75) is 13.3 Å². The van der Waals surface area contributed by atoms with Crippen molar-refractivity contribution in [1.29, 1.82) is 0 Å². The maximum atomic E-state index is 10.3. The molecule has 0 aromatic heterocycles. The summed E-state index contributed by atoms with van der Waals surface area (Å²) in [4.78, 5) is 20.3. The number of carbonyl (C=O) groups is 2. The van der Waals surface area contributed by atoms with Crippen molar-refractivity contribution in [2.24, 2.45) is 0 Å². The maximum absolute atomic E-state index is 10.3. The molecule has 0 atom stereocenters. The van der Waals surface area contributed by atoms with Crippen molar-refractivity contribution in [3.05, 3.63) is 0 Å². The molecule has 0 rings (SSSR count). The second kappa shape index (κ2) is 3.67. The van der Waals surface area contributed by atoms with Crippen LogP contribution in [-0.4, -0.2) is 11.9 Å². The zero-order valence-electron chi connectivity index (χ0n) is 5.01. The lowest BCUT2D eigenvalue weighted by Gasteiger charge is -1.91. The summed E-state index contributed by atoms with van der Waals surface area (Å²) in [6.07, 6.45) is 4.59. The molecule has 0 aromatic carbocycles. The molecule has 0 bridgehead atoms. The number of ether oxygens (including phenoxy) is 1. The van der Waals surface area contributed by atoms with Crippen LogP contribution in [0, 0.1) is 12.3 Å². The number of carbonyl (C=O) groups excluding carboxylic acids is 2. The predicted octanol–water partition coefficient (Wildman–Crippen LogP) is 0.0994. The summed E-state index contributed by atoms with van der Waals surface area (Å²) in [5, 5.41) is 0. The molecule has 0 aliphatic carbocycles. The summed E-state index contributed by atoms with van der Waals surface area (Å²) in [5.41, 5.74) is 0. The molecule has 0 saturated heterocycles. The third-order valence-electron chi connectivity index (χ3n) is 0.504. The van der Waals surface area contributed by atoms with E-state index in [9.17, 15) is 9.59 Å². The smallest absolute Gasteiger partial charge is 0.325 e. The molecule has 0 radical (unpaired) electrons. The zero-order chi connectivity index (χ0) is 7.28. The highest BCUT2D eigenvalue weighted by molar-refractivity contribution is 5.85. The minimum Gasteiger partial charge on any atom is -0.393 e. The average Bonchev–Trinajstić information content (AvgIpc) is 1.63. The Morgan fingerprint density at radius 3 is 2.56 bits per heavy atom. The Morgan fingerprint density at radius 2 is 2.22 bits per heavy atom. The van der Waals surface area contributed by atoms with Gasteiger partial charge in [0.2, 0.25) is 0 Å². The van der Waals surface area contributed by atoms with Gasteiger partial charge in [0.05, 0.1) is 0 Å². The van der Waals surface area contributed by atoms with Crippen molar-refractivity contribution in [2.75, 3.05) is 0 Å². The first kappa shape index (κ1) is 7.70. The van der Waals surface area contributed by atoms with Gasteiger partial charge < -0.3 is 4.74 Å². The van der Waals surface area contributed by atoms with E-state index in [4.69, 9.17) is 6.42 Å². The first-order chi connectivity index (χ1) is 4.16. The molecule has 0 saturated carbocycles. The van der Waals surface area contributed by atoms with Crippen LogP contribution < -0.4 is 0 Å². The quantitative estimate of drug-likeness (QED) is 0.284. The van der Waals surface area contributed by atoms with E-state index in [2.05, 4.69) is 4.74 Å². The highest BCUT2D eigenvalue weighted by Gasteiger charge is 2.01. The normalized spacial score (nSPS) is 7.56. The van der Waals surface area contributed by atoms with E-state index in [1.807, 2.05) is 5.92 Å². The Balaban J connectivity index is 3.54. The van der Waals surface area contributed by atoms with Crippen LogP contribution in [-0.2, 0) is 14.3 Å². The summed E-state index contributed by atoms with van der Waals surface area (Å²) < 4.78 is 4.07. The van der Waals surface area contributed by atoms with E-state index in [1.54, 1.807) is 0 Å². The third-order valence-corrected chi connectivity index (χ3v) is 0.504. The van der Waals surface area contributed by atoms with Gasteiger partial charge in [0.1, 0.15) is 6.42 Å². The van der Waals surface area contributed by atoms with Crippen LogP contribution in [0.5, 0.6) is 0 Å². The maximum Gasteiger partial charge on any atom is 0.325 e. The molecule has 3 heteroatoms. The summed E-state index contributed by atoms with van der Waals surface area (Å²) in [7, 11) is 0. The molecule has 48 valence electrons. The van der Waals surface area contributed by atoms with Gasteiger partial charge in [-0.2, -0.15) is 0 Å². The predicted molar refractivity (Wildman–Crippen MR) is 30.2 cm³/mol. The second-order valence-corrected chi connectivity index (χ2v) is 1.35. The molecule has 0 fully saturated rings. The van der Waals surface area contributed by atoms with Gasteiger partial charge in [-0.05, 0) is 0 Å². The molecule has 9 heavy (non-hydrogen) atoms. The first-order valence-electron chi connectivity index (χ1n) is 2.31. The van der Waals surface area contributed by atoms with E-state index in [1.165, 1.54) is 0 Å².